The maximum Gasteiger partial charge on any atom is 0.230 e. The second-order valence-corrected chi connectivity index (χ2v) is 4.70. The summed E-state index contributed by atoms with van der Waals surface area (Å²) in [6, 6.07) is 0.231. The summed E-state index contributed by atoms with van der Waals surface area (Å²) in [6.07, 6.45) is 1.33. The zero-order chi connectivity index (χ0) is 11.0. The van der Waals surface area contributed by atoms with E-state index in [9.17, 15) is 8.42 Å². The molecule has 1 atom stereocenters. The summed E-state index contributed by atoms with van der Waals surface area (Å²) in [5, 5.41) is 3.99. The number of aromatic nitrogens is 2. The monoisotopic (exact) mass is 231 g/mol. The Balaban J connectivity index is 2.30. The molecule has 15 heavy (non-hydrogen) atoms. The normalized spacial score (nSPS) is 20.4. The molecule has 1 unspecified atom stereocenters. The van der Waals surface area contributed by atoms with Crippen LogP contribution in [0.3, 0.4) is 0 Å². The third kappa shape index (κ3) is 1.84. The molecule has 0 fully saturated rings. The van der Waals surface area contributed by atoms with E-state index in [4.69, 9.17) is 4.74 Å². The number of ether oxygens (including phenoxy) is 1. The fraction of sp³-hybridized carbons (Fsp3) is 0.625. The standard InChI is InChI=1S/C8H13N3O3S/c1-10(2)6-4-11-8(14-5-6)7(3-9-11)15(12)13/h3,6,15H,4-5H2,1-2H3. The lowest BCUT2D eigenvalue weighted by molar-refractivity contribution is 0.117. The van der Waals surface area contributed by atoms with Crippen LogP contribution in [0.2, 0.25) is 0 Å². The molecular formula is C8H13N3O3S. The molecular weight excluding hydrogens is 218 g/mol. The average Bonchev–Trinajstić information content (AvgIpc) is 2.59. The third-order valence-electron chi connectivity index (χ3n) is 2.50. The summed E-state index contributed by atoms with van der Waals surface area (Å²) in [5.41, 5.74) is 0. The summed E-state index contributed by atoms with van der Waals surface area (Å²) in [6.45, 7) is 1.15. The molecule has 2 rings (SSSR count). The largest absolute Gasteiger partial charge is 0.475 e. The molecule has 0 radical (unpaired) electrons. The molecule has 7 heteroatoms. The van der Waals surface area contributed by atoms with Crippen molar-refractivity contribution in [3.8, 4) is 5.88 Å². The van der Waals surface area contributed by atoms with Crippen molar-refractivity contribution in [3.63, 3.8) is 0 Å². The predicted molar refractivity (Wildman–Crippen MR) is 53.8 cm³/mol. The molecule has 6 nitrogen and oxygen atoms in total. The Morgan fingerprint density at radius 2 is 2.33 bits per heavy atom. The minimum absolute atomic E-state index is 0.169. The van der Waals surface area contributed by atoms with Gasteiger partial charge in [-0.15, -0.1) is 0 Å². The first kappa shape index (κ1) is 10.4. The molecule has 0 aliphatic carbocycles. The molecule has 1 aliphatic rings. The summed E-state index contributed by atoms with van der Waals surface area (Å²) in [5.74, 6) is 0.365. The molecule has 0 bridgehead atoms. The number of fused-ring (bicyclic) bond motifs is 1. The van der Waals surface area contributed by atoms with Crippen molar-refractivity contribution >= 4 is 10.7 Å². The van der Waals surface area contributed by atoms with Gasteiger partial charge in [-0.2, -0.15) is 5.10 Å². The molecule has 1 aromatic heterocycles. The highest BCUT2D eigenvalue weighted by molar-refractivity contribution is 7.72. The lowest BCUT2D eigenvalue weighted by Crippen LogP contribution is -2.41. The second-order valence-electron chi connectivity index (χ2n) is 3.70. The SMILES string of the molecule is CN(C)C1COc2c([SH](=O)=O)cnn2C1. The summed E-state index contributed by atoms with van der Waals surface area (Å²) >= 11 is 0. The summed E-state index contributed by atoms with van der Waals surface area (Å²) in [7, 11) is 1.29. The fourth-order valence-electron chi connectivity index (χ4n) is 1.51. The quantitative estimate of drug-likeness (QED) is 0.673. The van der Waals surface area contributed by atoms with Gasteiger partial charge in [0.15, 0.2) is 10.7 Å². The Kier molecular flexibility index (Phi) is 2.66. The predicted octanol–water partition coefficient (Wildman–Crippen LogP) is -0.824. The molecule has 1 aliphatic heterocycles. The van der Waals surface area contributed by atoms with Gasteiger partial charge in [-0.1, -0.05) is 0 Å². The highest BCUT2D eigenvalue weighted by atomic mass is 32.2. The molecule has 0 N–H and O–H groups in total. The fourth-order valence-corrected chi connectivity index (χ4v) is 1.99. The number of thiol groups is 1. The molecule has 0 aromatic carbocycles. The van der Waals surface area contributed by atoms with E-state index in [1.807, 2.05) is 19.0 Å². The van der Waals surface area contributed by atoms with Gasteiger partial charge < -0.3 is 9.64 Å². The summed E-state index contributed by atoms with van der Waals surface area (Å²) < 4.78 is 28.7. The first-order valence-corrected chi connectivity index (χ1v) is 5.76. The third-order valence-corrected chi connectivity index (χ3v) is 3.20. The molecule has 84 valence electrons. The lowest BCUT2D eigenvalue weighted by atomic mass is 10.3. The molecule has 0 amide bonds. The number of hydrogen-bond donors (Lipinski definition) is 1. The Bertz CT molecular complexity index is 430. The van der Waals surface area contributed by atoms with E-state index in [2.05, 4.69) is 5.10 Å². The van der Waals surface area contributed by atoms with E-state index in [1.54, 1.807) is 4.68 Å². The van der Waals surface area contributed by atoms with Crippen molar-refractivity contribution in [1.82, 2.24) is 14.7 Å². The van der Waals surface area contributed by atoms with Crippen LogP contribution in [0.15, 0.2) is 11.1 Å². The zero-order valence-electron chi connectivity index (χ0n) is 8.58. The first-order chi connectivity index (χ1) is 7.09. The summed E-state index contributed by atoms with van der Waals surface area (Å²) in [4.78, 5) is 2.20. The topological polar surface area (TPSA) is 64.4 Å². The Morgan fingerprint density at radius 1 is 1.60 bits per heavy atom. The maximum atomic E-state index is 10.8. The van der Waals surface area contributed by atoms with Crippen LogP contribution in [0.4, 0.5) is 0 Å². The second kappa shape index (κ2) is 3.82. The molecule has 1 aromatic rings. The van der Waals surface area contributed by atoms with Crippen LogP contribution in [0.5, 0.6) is 5.88 Å². The number of nitrogens with zero attached hydrogens (tertiary/aromatic N) is 3. The Labute approximate surface area is 89.4 Å². The van der Waals surface area contributed by atoms with E-state index in [0.29, 0.717) is 19.0 Å². The van der Waals surface area contributed by atoms with Gasteiger partial charge in [-0.25, -0.2) is 13.1 Å². The van der Waals surface area contributed by atoms with Crippen molar-refractivity contribution in [3.05, 3.63) is 6.20 Å². The highest BCUT2D eigenvalue weighted by Gasteiger charge is 2.25. The van der Waals surface area contributed by atoms with Gasteiger partial charge in [-0.3, -0.25) is 0 Å². The van der Waals surface area contributed by atoms with E-state index in [0.717, 1.165) is 0 Å². The van der Waals surface area contributed by atoms with Crippen LogP contribution in [0, 0.1) is 0 Å². The number of rotatable bonds is 2. The maximum absolute atomic E-state index is 10.8. The van der Waals surface area contributed by atoms with Crippen LogP contribution in [0.1, 0.15) is 0 Å². The smallest absolute Gasteiger partial charge is 0.230 e. The van der Waals surface area contributed by atoms with Crippen molar-refractivity contribution in [1.29, 1.82) is 0 Å². The average molecular weight is 231 g/mol. The molecule has 0 spiro atoms. The lowest BCUT2D eigenvalue weighted by Gasteiger charge is -2.28. The van der Waals surface area contributed by atoms with Crippen LogP contribution < -0.4 is 4.74 Å². The molecule has 0 saturated heterocycles. The van der Waals surface area contributed by atoms with E-state index >= 15 is 0 Å². The first-order valence-electron chi connectivity index (χ1n) is 4.59. The van der Waals surface area contributed by atoms with Crippen molar-refractivity contribution in [2.24, 2.45) is 0 Å². The van der Waals surface area contributed by atoms with Crippen molar-refractivity contribution in [2.75, 3.05) is 20.7 Å². The van der Waals surface area contributed by atoms with Crippen LogP contribution in [-0.4, -0.2) is 49.8 Å². The number of hydrogen-bond acceptors (Lipinski definition) is 5. The highest BCUT2D eigenvalue weighted by Crippen LogP contribution is 2.24. The van der Waals surface area contributed by atoms with Crippen LogP contribution in [-0.2, 0) is 17.2 Å². The van der Waals surface area contributed by atoms with Gasteiger partial charge >= 0.3 is 0 Å². The van der Waals surface area contributed by atoms with Crippen molar-refractivity contribution < 1.29 is 13.2 Å². The van der Waals surface area contributed by atoms with Gasteiger partial charge in [0.1, 0.15) is 11.5 Å². The van der Waals surface area contributed by atoms with Gasteiger partial charge in [0.2, 0.25) is 5.88 Å². The van der Waals surface area contributed by atoms with Crippen molar-refractivity contribution in [2.45, 2.75) is 17.5 Å². The molecule has 0 saturated carbocycles. The van der Waals surface area contributed by atoms with Gasteiger partial charge in [0.05, 0.1) is 18.8 Å². The molecule has 2 heterocycles. The van der Waals surface area contributed by atoms with E-state index in [-0.39, 0.29) is 10.9 Å². The minimum atomic E-state index is -2.62. The number of likely N-dealkylation sites (N-methyl/N-ethyl adjacent to an activating group) is 1. The Hall–Kier alpha value is -1.08. The van der Waals surface area contributed by atoms with E-state index in [1.165, 1.54) is 6.20 Å². The van der Waals surface area contributed by atoms with Crippen LogP contribution in [0.25, 0.3) is 0 Å². The zero-order valence-corrected chi connectivity index (χ0v) is 9.48. The Morgan fingerprint density at radius 3 is 2.93 bits per heavy atom. The van der Waals surface area contributed by atoms with Gasteiger partial charge in [-0.05, 0) is 14.1 Å². The van der Waals surface area contributed by atoms with Gasteiger partial charge in [0.25, 0.3) is 0 Å². The van der Waals surface area contributed by atoms with E-state index < -0.39 is 10.7 Å². The van der Waals surface area contributed by atoms with Crippen LogP contribution >= 0.6 is 0 Å². The minimum Gasteiger partial charge on any atom is -0.475 e. The van der Waals surface area contributed by atoms with Gasteiger partial charge in [0, 0.05) is 0 Å².